The van der Waals surface area contributed by atoms with Gasteiger partial charge in [-0.15, -0.1) is 11.3 Å². The summed E-state index contributed by atoms with van der Waals surface area (Å²) in [6.07, 6.45) is -0.484. The number of Topliss-reactive ketones (excluding diaryl/α,β-unsaturated/α-hetero) is 1. The Morgan fingerprint density at radius 2 is 1.95 bits per heavy atom. The Morgan fingerprint density at radius 1 is 1.16 bits per heavy atom. The second-order valence-electron chi connectivity index (χ2n) is 13.5. The molecule has 2 N–H and O–H groups in total. The van der Waals surface area contributed by atoms with Crippen LogP contribution in [0.2, 0.25) is 0 Å². The summed E-state index contributed by atoms with van der Waals surface area (Å²) in [6.45, 7) is 4.58. The number of hydrogen-bond acceptors (Lipinski definition) is 7. The van der Waals surface area contributed by atoms with Crippen LogP contribution >= 0.6 is 11.3 Å². The molecular formula is C34H36F2O6S. The van der Waals surface area contributed by atoms with E-state index in [9.17, 15) is 19.8 Å². The number of thiophene rings is 1. The summed E-state index contributed by atoms with van der Waals surface area (Å²) < 4.78 is 46.4. The molecule has 4 aliphatic carbocycles. The summed E-state index contributed by atoms with van der Waals surface area (Å²) in [5.41, 5.74) is -3.11. The van der Waals surface area contributed by atoms with Gasteiger partial charge in [0.2, 0.25) is 0 Å². The first-order chi connectivity index (χ1) is 20.4. The molecule has 0 spiro atoms. The summed E-state index contributed by atoms with van der Waals surface area (Å²) in [5.74, 6) is -2.54. The molecule has 0 amide bonds. The van der Waals surface area contributed by atoms with Crippen molar-refractivity contribution in [1.29, 1.82) is 0 Å². The van der Waals surface area contributed by atoms with Gasteiger partial charge in [0.15, 0.2) is 29.1 Å². The van der Waals surface area contributed by atoms with Crippen LogP contribution in [0.15, 0.2) is 59.5 Å². The van der Waals surface area contributed by atoms with Crippen molar-refractivity contribution in [1.82, 2.24) is 0 Å². The van der Waals surface area contributed by atoms with Crippen LogP contribution in [-0.4, -0.2) is 58.0 Å². The highest BCUT2D eigenvalue weighted by atomic mass is 32.1. The summed E-state index contributed by atoms with van der Waals surface area (Å²) in [6, 6.07) is 10.3. The topological polar surface area (TPSA) is 93.1 Å². The molecule has 228 valence electrons. The molecule has 2 heterocycles. The fraction of sp³-hybridized carbons (Fsp3) is 0.529. The molecule has 0 radical (unpaired) electrons. The number of rotatable bonds is 5. The number of benzene rings is 1. The number of fused-ring (bicyclic) bond motifs is 7. The number of ether oxygens (including phenoxy) is 2. The van der Waals surface area contributed by atoms with E-state index in [2.05, 4.69) is 12.1 Å². The van der Waals surface area contributed by atoms with Crippen LogP contribution < -0.4 is 0 Å². The number of allylic oxidation sites excluding steroid dienone is 4. The zero-order chi connectivity index (χ0) is 30.5. The lowest BCUT2D eigenvalue weighted by molar-refractivity contribution is -0.234. The molecule has 1 aromatic carbocycles. The summed E-state index contributed by atoms with van der Waals surface area (Å²) in [7, 11) is 0. The molecule has 1 saturated heterocycles. The Labute approximate surface area is 253 Å². The fourth-order valence-electron chi connectivity index (χ4n) is 9.36. The third-order valence-electron chi connectivity index (χ3n) is 11.3. The van der Waals surface area contributed by atoms with E-state index in [1.165, 1.54) is 34.6 Å². The van der Waals surface area contributed by atoms with Gasteiger partial charge in [0.05, 0.1) is 17.1 Å². The maximum atomic E-state index is 17.5. The molecule has 9 heteroatoms. The average Bonchev–Trinajstić information content (AvgIpc) is 3.64. The van der Waals surface area contributed by atoms with Crippen LogP contribution in [0.3, 0.4) is 0 Å². The molecule has 0 bridgehead atoms. The van der Waals surface area contributed by atoms with Crippen molar-refractivity contribution in [3.8, 4) is 0 Å². The van der Waals surface area contributed by atoms with E-state index in [0.717, 1.165) is 22.9 Å². The normalized spacial score (nSPS) is 43.0. The van der Waals surface area contributed by atoms with E-state index >= 15 is 8.78 Å². The number of alkyl halides is 2. The third-order valence-corrected chi connectivity index (χ3v) is 12.3. The molecule has 10 atom stereocenters. The Balaban J connectivity index is 1.23. The zero-order valence-electron chi connectivity index (χ0n) is 24.4. The van der Waals surface area contributed by atoms with Crippen molar-refractivity contribution in [3.05, 3.63) is 81.1 Å². The number of carbonyl (C=O) groups is 2. The third kappa shape index (κ3) is 3.81. The van der Waals surface area contributed by atoms with Gasteiger partial charge in [-0.1, -0.05) is 42.8 Å². The number of carbonyl (C=O) groups excluding carboxylic acids is 2. The average molecular weight is 611 g/mol. The van der Waals surface area contributed by atoms with E-state index in [1.54, 1.807) is 13.8 Å². The Hall–Kier alpha value is -2.56. The first kappa shape index (κ1) is 29.2. The lowest BCUT2D eigenvalue weighted by Crippen LogP contribution is -2.70. The summed E-state index contributed by atoms with van der Waals surface area (Å²) in [4.78, 5) is 26.6. The van der Waals surface area contributed by atoms with Crippen LogP contribution in [0.5, 0.6) is 0 Å². The van der Waals surface area contributed by atoms with Crippen LogP contribution in [0.1, 0.15) is 61.0 Å². The highest BCUT2D eigenvalue weighted by Gasteiger charge is 2.80. The number of halogens is 2. The molecule has 1 aromatic heterocycles. The number of aryl methyl sites for hydroxylation is 1. The van der Waals surface area contributed by atoms with Crippen molar-refractivity contribution in [3.63, 3.8) is 0 Å². The summed E-state index contributed by atoms with van der Waals surface area (Å²) in [5, 5.41) is 23.9. The van der Waals surface area contributed by atoms with Gasteiger partial charge in [-0.2, -0.15) is 0 Å². The Morgan fingerprint density at radius 3 is 2.70 bits per heavy atom. The van der Waals surface area contributed by atoms with Crippen molar-refractivity contribution in [2.75, 3.05) is 6.61 Å². The molecule has 0 unspecified atom stereocenters. The number of aliphatic hydroxyl groups is 2. The molecule has 7 rings (SSSR count). The van der Waals surface area contributed by atoms with E-state index in [0.29, 0.717) is 0 Å². The highest BCUT2D eigenvalue weighted by Crippen LogP contribution is 2.72. The number of hydrogen-bond donors (Lipinski definition) is 2. The predicted molar refractivity (Wildman–Crippen MR) is 156 cm³/mol. The van der Waals surface area contributed by atoms with Crippen molar-refractivity contribution < 1.29 is 38.1 Å². The molecule has 1 aliphatic heterocycles. The molecule has 43 heavy (non-hydrogen) atoms. The van der Waals surface area contributed by atoms with Gasteiger partial charge in [-0.3, -0.25) is 9.59 Å². The van der Waals surface area contributed by atoms with Gasteiger partial charge >= 0.3 is 0 Å². The van der Waals surface area contributed by atoms with E-state index in [-0.39, 0.29) is 24.8 Å². The summed E-state index contributed by atoms with van der Waals surface area (Å²) >= 11 is 1.46. The van der Waals surface area contributed by atoms with Gasteiger partial charge in [0.1, 0.15) is 12.8 Å². The first-order valence-electron chi connectivity index (χ1n) is 14.9. The van der Waals surface area contributed by atoms with Gasteiger partial charge in [-0.05, 0) is 85.7 Å². The van der Waals surface area contributed by atoms with Crippen LogP contribution in [0, 0.1) is 29.6 Å². The van der Waals surface area contributed by atoms with Gasteiger partial charge in [0.25, 0.3) is 0 Å². The molecular weight excluding hydrogens is 574 g/mol. The molecule has 2 aromatic rings. The van der Waals surface area contributed by atoms with Gasteiger partial charge in [-0.25, -0.2) is 8.78 Å². The number of ketones is 2. The number of aliphatic hydroxyl groups excluding tert-OH is 2. The molecule has 5 aliphatic rings. The monoisotopic (exact) mass is 610 g/mol. The second kappa shape index (κ2) is 9.72. The SMILES string of the molecule is Cc1cccc(Cc2csc([C@H]3O[C@@H]4C[C@H]5[C@@H]6C[C@H](F)C7=CC(=O)C=C[C@]7(C)[C@@]6(F)[C@@H](O)C[C@]5(C)[C@]4(C(=O)CO)O3)c2)c1. The Bertz CT molecular complexity index is 1570. The fourth-order valence-corrected chi connectivity index (χ4v) is 10.2. The van der Waals surface area contributed by atoms with E-state index < -0.39 is 76.8 Å². The lowest BCUT2D eigenvalue weighted by atomic mass is 9.44. The minimum absolute atomic E-state index is 0.0486. The van der Waals surface area contributed by atoms with Crippen LogP contribution in [0.4, 0.5) is 8.78 Å². The quantitative estimate of drug-likeness (QED) is 0.478. The van der Waals surface area contributed by atoms with Crippen LogP contribution in [-0.2, 0) is 25.5 Å². The molecule has 6 nitrogen and oxygen atoms in total. The second-order valence-corrected chi connectivity index (χ2v) is 14.5. The molecule has 3 saturated carbocycles. The van der Waals surface area contributed by atoms with E-state index in [4.69, 9.17) is 9.47 Å². The van der Waals surface area contributed by atoms with E-state index in [1.807, 2.05) is 30.5 Å². The van der Waals surface area contributed by atoms with Crippen LogP contribution in [0.25, 0.3) is 0 Å². The van der Waals surface area contributed by atoms with Crippen molar-refractivity contribution in [2.24, 2.45) is 22.7 Å². The van der Waals surface area contributed by atoms with Crippen molar-refractivity contribution >= 4 is 22.9 Å². The van der Waals surface area contributed by atoms with Gasteiger partial charge in [0, 0.05) is 16.7 Å². The van der Waals surface area contributed by atoms with Crippen molar-refractivity contribution in [2.45, 2.75) is 82.4 Å². The maximum absolute atomic E-state index is 17.5. The minimum atomic E-state index is -2.28. The lowest BCUT2D eigenvalue weighted by Gasteiger charge is -2.63. The minimum Gasteiger partial charge on any atom is -0.390 e. The maximum Gasteiger partial charge on any atom is 0.194 e. The van der Waals surface area contributed by atoms with Gasteiger partial charge < -0.3 is 19.7 Å². The predicted octanol–water partition coefficient (Wildman–Crippen LogP) is 5.29. The highest BCUT2D eigenvalue weighted by molar-refractivity contribution is 7.10. The largest absolute Gasteiger partial charge is 0.390 e. The standard InChI is InChI=1S/C34H36F2O6S/c1-18-5-4-6-19(9-18)10-20-11-26(43-17-20)30-41-29-14-22-23-13-25(35)24-12-21(38)7-8-31(24,2)33(23,36)27(39)15-32(22,3)34(29,42-30)28(40)16-37/h4-9,11-12,17,22-23,25,27,29-30,37,39H,10,13-16H2,1-3H3/t22-,23-,25-,27-,29+,30-,31-,32-,33-,34+/m0/s1. The smallest absolute Gasteiger partial charge is 0.194 e. The Kier molecular flexibility index (Phi) is 6.59. The zero-order valence-corrected chi connectivity index (χ0v) is 25.2. The molecule has 4 fully saturated rings. The first-order valence-corrected chi connectivity index (χ1v) is 15.8.